The molecular weight excluding hydrogens is 663 g/mol. The highest BCUT2D eigenvalue weighted by Crippen LogP contribution is 2.43. The molecule has 0 N–H and O–H groups in total. The van der Waals surface area contributed by atoms with E-state index < -0.39 is 0 Å². The third-order valence-electron chi connectivity index (χ3n) is 10.5. The van der Waals surface area contributed by atoms with Crippen LogP contribution in [-0.4, -0.2) is 4.57 Å². The Balaban J connectivity index is 0.000000491. The van der Waals surface area contributed by atoms with E-state index in [9.17, 15) is 0 Å². The monoisotopic (exact) mass is 707 g/mol. The van der Waals surface area contributed by atoms with E-state index in [0.29, 0.717) is 0 Å². The van der Waals surface area contributed by atoms with Crippen molar-refractivity contribution in [2.24, 2.45) is 0 Å². The molecule has 0 atom stereocenters. The molecule has 55 heavy (non-hydrogen) atoms. The lowest BCUT2D eigenvalue weighted by Gasteiger charge is -2.17. The average molecular weight is 708 g/mol. The van der Waals surface area contributed by atoms with E-state index in [0.717, 1.165) is 0 Å². The smallest absolute Gasteiger partial charge is 0.0541 e. The average Bonchev–Trinajstić information content (AvgIpc) is 3.60. The SMILES string of the molecule is C/C=C\C=C/C.CC.c1ccc(-c2ccc(-c3ccc4ccc5c(-c6ccc(-n7c8ccccc8c8ccccc87)cc6)ccc6ccc3c4c65)cc2)cc1. The van der Waals surface area contributed by atoms with Gasteiger partial charge in [0.2, 0.25) is 0 Å². The van der Waals surface area contributed by atoms with Gasteiger partial charge in [-0.25, -0.2) is 0 Å². The highest BCUT2D eigenvalue weighted by molar-refractivity contribution is 6.27. The van der Waals surface area contributed by atoms with Gasteiger partial charge in [-0.05, 0) is 104 Å². The van der Waals surface area contributed by atoms with Gasteiger partial charge in [0.1, 0.15) is 0 Å². The molecule has 0 unspecified atom stereocenters. The number of hydrogen-bond acceptors (Lipinski definition) is 0. The Bertz CT molecular complexity index is 2860. The van der Waals surface area contributed by atoms with Gasteiger partial charge in [-0.2, -0.15) is 0 Å². The van der Waals surface area contributed by atoms with Crippen LogP contribution >= 0.6 is 0 Å². The fourth-order valence-electron chi connectivity index (χ4n) is 7.99. The van der Waals surface area contributed by atoms with Crippen LogP contribution in [0.3, 0.4) is 0 Å². The number of fused-ring (bicyclic) bond motifs is 3. The Labute approximate surface area is 324 Å². The van der Waals surface area contributed by atoms with Crippen LogP contribution < -0.4 is 0 Å². The summed E-state index contributed by atoms with van der Waals surface area (Å²) in [7, 11) is 0. The Morgan fingerprint density at radius 1 is 0.345 bits per heavy atom. The molecule has 0 radical (unpaired) electrons. The molecule has 0 aliphatic rings. The fraction of sp³-hybridized carbons (Fsp3) is 0.0741. The number of rotatable bonds is 5. The summed E-state index contributed by atoms with van der Waals surface area (Å²) in [6.45, 7) is 8.00. The topological polar surface area (TPSA) is 4.93 Å². The number of aromatic nitrogens is 1. The van der Waals surface area contributed by atoms with Gasteiger partial charge in [0.15, 0.2) is 0 Å². The fourth-order valence-corrected chi connectivity index (χ4v) is 7.99. The van der Waals surface area contributed by atoms with E-state index in [1.54, 1.807) is 0 Å². The number of para-hydroxylation sites is 2. The molecule has 0 spiro atoms. The van der Waals surface area contributed by atoms with Crippen LogP contribution in [0.25, 0.3) is 93.2 Å². The highest BCUT2D eigenvalue weighted by atomic mass is 15.0. The van der Waals surface area contributed by atoms with Gasteiger partial charge in [0.05, 0.1) is 11.0 Å². The lowest BCUT2D eigenvalue weighted by molar-refractivity contribution is 1.18. The molecule has 10 rings (SSSR count). The van der Waals surface area contributed by atoms with E-state index in [1.165, 1.54) is 93.2 Å². The number of benzene rings is 9. The van der Waals surface area contributed by atoms with Gasteiger partial charge < -0.3 is 4.57 Å². The maximum Gasteiger partial charge on any atom is 0.0541 e. The van der Waals surface area contributed by atoms with Gasteiger partial charge in [0.25, 0.3) is 0 Å². The first-order chi connectivity index (χ1) is 27.2. The van der Waals surface area contributed by atoms with Crippen molar-refractivity contribution in [3.05, 3.63) is 200 Å². The standard InChI is InChI=1S/C46H29N.C6H10.C2H6/c1-2-8-30(9-3-1)31-14-16-32(17-15-31)37-26-20-34-23-29-42-38(27-21-35-22-28-41(37)45(34)46(35)42)33-18-24-36(25-19-33)47-43-12-6-4-10-39(43)40-11-5-7-13-44(40)47;1-3-5-6-4-2;1-2/h1-29H;3-6H,1-2H3;1-2H3/b;5-3-,6-4-;. The zero-order valence-electron chi connectivity index (χ0n) is 32.0. The van der Waals surface area contributed by atoms with Crippen LogP contribution in [0.15, 0.2) is 200 Å². The van der Waals surface area contributed by atoms with Crippen molar-refractivity contribution in [2.45, 2.75) is 27.7 Å². The van der Waals surface area contributed by atoms with Gasteiger partial charge >= 0.3 is 0 Å². The minimum absolute atomic E-state index is 1.17. The number of allylic oxidation sites excluding steroid dienone is 4. The van der Waals surface area contributed by atoms with Crippen molar-refractivity contribution in [2.75, 3.05) is 0 Å². The number of hydrogen-bond donors (Lipinski definition) is 0. The molecule has 1 heteroatoms. The Kier molecular flexibility index (Phi) is 10.1. The lowest BCUT2D eigenvalue weighted by atomic mass is 9.87. The Morgan fingerprint density at radius 2 is 0.745 bits per heavy atom. The molecule has 10 aromatic rings. The molecule has 0 amide bonds. The van der Waals surface area contributed by atoms with Crippen LogP contribution in [0.2, 0.25) is 0 Å². The third kappa shape index (κ3) is 6.49. The summed E-state index contributed by atoms with van der Waals surface area (Å²) in [5, 5.41) is 10.4. The van der Waals surface area contributed by atoms with Crippen molar-refractivity contribution in [3.63, 3.8) is 0 Å². The van der Waals surface area contributed by atoms with E-state index in [4.69, 9.17) is 0 Å². The summed E-state index contributed by atoms with van der Waals surface area (Å²) in [6, 6.07) is 64.4. The largest absolute Gasteiger partial charge is 0.309 e. The summed E-state index contributed by atoms with van der Waals surface area (Å²) >= 11 is 0. The molecule has 1 heterocycles. The molecule has 0 bridgehead atoms. The van der Waals surface area contributed by atoms with Crippen molar-refractivity contribution >= 4 is 54.1 Å². The summed E-state index contributed by atoms with van der Waals surface area (Å²) in [4.78, 5) is 0. The molecular formula is C54H45N. The summed E-state index contributed by atoms with van der Waals surface area (Å²) < 4.78 is 2.38. The van der Waals surface area contributed by atoms with Crippen LogP contribution in [-0.2, 0) is 0 Å². The van der Waals surface area contributed by atoms with Gasteiger partial charge in [-0.3, -0.25) is 0 Å². The molecule has 0 aliphatic carbocycles. The zero-order chi connectivity index (χ0) is 37.7. The van der Waals surface area contributed by atoms with E-state index in [1.807, 2.05) is 52.0 Å². The van der Waals surface area contributed by atoms with Crippen LogP contribution in [0, 0.1) is 0 Å². The van der Waals surface area contributed by atoms with Crippen molar-refractivity contribution < 1.29 is 0 Å². The van der Waals surface area contributed by atoms with Crippen molar-refractivity contribution in [3.8, 4) is 39.1 Å². The first-order valence-corrected chi connectivity index (χ1v) is 19.4. The predicted octanol–water partition coefficient (Wildman–Crippen LogP) is 15.8. The molecule has 0 aliphatic heterocycles. The maximum atomic E-state index is 2.38. The van der Waals surface area contributed by atoms with Crippen molar-refractivity contribution in [1.82, 2.24) is 4.57 Å². The van der Waals surface area contributed by atoms with Crippen molar-refractivity contribution in [1.29, 1.82) is 0 Å². The second kappa shape index (κ2) is 15.7. The van der Waals surface area contributed by atoms with Crippen LogP contribution in [0.5, 0.6) is 0 Å². The minimum atomic E-state index is 1.17. The maximum absolute atomic E-state index is 2.38. The summed E-state index contributed by atoms with van der Waals surface area (Å²) in [6.07, 6.45) is 8.00. The molecule has 1 aromatic heterocycles. The van der Waals surface area contributed by atoms with Crippen LogP contribution in [0.4, 0.5) is 0 Å². The molecule has 0 saturated heterocycles. The second-order valence-electron chi connectivity index (χ2n) is 13.6. The van der Waals surface area contributed by atoms with Gasteiger partial charge in [-0.1, -0.05) is 190 Å². The Morgan fingerprint density at radius 3 is 1.24 bits per heavy atom. The highest BCUT2D eigenvalue weighted by Gasteiger charge is 2.16. The predicted molar refractivity (Wildman–Crippen MR) is 242 cm³/mol. The molecule has 0 saturated carbocycles. The van der Waals surface area contributed by atoms with E-state index >= 15 is 0 Å². The number of nitrogens with zero attached hydrogens (tertiary/aromatic N) is 1. The molecule has 1 nitrogen and oxygen atoms in total. The first-order valence-electron chi connectivity index (χ1n) is 19.4. The quantitative estimate of drug-likeness (QED) is 0.124. The normalized spacial score (nSPS) is 11.5. The minimum Gasteiger partial charge on any atom is -0.309 e. The molecule has 9 aromatic carbocycles. The molecule has 266 valence electrons. The van der Waals surface area contributed by atoms with Gasteiger partial charge in [0, 0.05) is 16.5 Å². The van der Waals surface area contributed by atoms with E-state index in [2.05, 4.69) is 180 Å². The lowest BCUT2D eigenvalue weighted by Crippen LogP contribution is -1.94. The summed E-state index contributed by atoms with van der Waals surface area (Å²) in [5.41, 5.74) is 11.1. The third-order valence-corrected chi connectivity index (χ3v) is 10.5. The Hall–Kier alpha value is -6.70. The summed E-state index contributed by atoms with van der Waals surface area (Å²) in [5.74, 6) is 0. The zero-order valence-corrected chi connectivity index (χ0v) is 32.0. The van der Waals surface area contributed by atoms with Crippen LogP contribution in [0.1, 0.15) is 27.7 Å². The molecule has 0 fully saturated rings. The van der Waals surface area contributed by atoms with E-state index in [-0.39, 0.29) is 0 Å². The van der Waals surface area contributed by atoms with Gasteiger partial charge in [-0.15, -0.1) is 0 Å². The second-order valence-corrected chi connectivity index (χ2v) is 13.6. The first kappa shape index (κ1) is 35.3.